The van der Waals surface area contributed by atoms with Gasteiger partial charge in [-0.3, -0.25) is 19.8 Å². The van der Waals surface area contributed by atoms with E-state index in [-0.39, 0.29) is 5.54 Å². The molecule has 2 rings (SSSR count). The van der Waals surface area contributed by atoms with Crippen molar-refractivity contribution in [3.8, 4) is 0 Å². The molecule has 0 aromatic heterocycles. The predicted octanol–water partition coefficient (Wildman–Crippen LogP) is -0.451. The van der Waals surface area contributed by atoms with Crippen LogP contribution in [-0.4, -0.2) is 53.8 Å². The van der Waals surface area contributed by atoms with Crippen molar-refractivity contribution >= 4 is 17.8 Å². The van der Waals surface area contributed by atoms with Crippen LogP contribution in [0.15, 0.2) is 0 Å². The van der Waals surface area contributed by atoms with Crippen LogP contribution in [0.1, 0.15) is 19.3 Å². The highest BCUT2D eigenvalue weighted by molar-refractivity contribution is 6.44. The Kier molecular flexibility index (Phi) is 2.46. The number of rotatable bonds is 3. The van der Waals surface area contributed by atoms with Crippen LogP contribution >= 0.6 is 0 Å². The first-order chi connectivity index (χ1) is 7.46. The van der Waals surface area contributed by atoms with E-state index in [9.17, 15) is 14.4 Å². The molecule has 2 aliphatic rings. The van der Waals surface area contributed by atoms with Gasteiger partial charge in [0.2, 0.25) is 0 Å². The van der Waals surface area contributed by atoms with Gasteiger partial charge in [0.05, 0.1) is 0 Å². The van der Waals surface area contributed by atoms with E-state index in [1.807, 2.05) is 24.3 Å². The van der Waals surface area contributed by atoms with Gasteiger partial charge in [-0.25, -0.2) is 4.79 Å². The van der Waals surface area contributed by atoms with E-state index in [0.717, 1.165) is 24.2 Å². The molecule has 6 nitrogen and oxygen atoms in total. The van der Waals surface area contributed by atoms with Crippen LogP contribution in [0, 0.1) is 0 Å². The minimum absolute atomic E-state index is 0.141. The number of urea groups is 1. The summed E-state index contributed by atoms with van der Waals surface area (Å²) >= 11 is 0. The van der Waals surface area contributed by atoms with Crippen LogP contribution in [0.2, 0.25) is 0 Å². The van der Waals surface area contributed by atoms with Crippen molar-refractivity contribution in [1.82, 2.24) is 15.1 Å². The van der Waals surface area contributed by atoms with Crippen molar-refractivity contribution in [1.29, 1.82) is 0 Å². The Hall–Kier alpha value is -1.43. The summed E-state index contributed by atoms with van der Waals surface area (Å²) in [5.41, 5.74) is -0.141. The average Bonchev–Trinajstić information content (AvgIpc) is 2.36. The SMILES string of the molecule is CN(C)C1(CN2C(=O)NC(=O)C2=O)CCC1. The molecule has 0 radical (unpaired) electrons. The standard InChI is InChI=1S/C10H15N3O3/c1-12(2)10(4-3-5-10)6-13-8(15)7(14)11-9(13)16/h3-6H2,1-2H3,(H,11,14,16). The van der Waals surface area contributed by atoms with Crippen molar-refractivity contribution in [3.05, 3.63) is 0 Å². The highest BCUT2D eigenvalue weighted by Crippen LogP contribution is 2.37. The lowest BCUT2D eigenvalue weighted by Gasteiger charge is -2.48. The fourth-order valence-electron chi connectivity index (χ4n) is 2.20. The number of carbonyl (C=O) groups is 3. The van der Waals surface area contributed by atoms with Crippen molar-refractivity contribution in [2.75, 3.05) is 20.6 Å². The molecule has 4 amide bonds. The van der Waals surface area contributed by atoms with Crippen LogP contribution in [0.5, 0.6) is 0 Å². The molecule has 1 saturated heterocycles. The van der Waals surface area contributed by atoms with Crippen LogP contribution in [0.3, 0.4) is 0 Å². The number of nitrogens with zero attached hydrogens (tertiary/aromatic N) is 2. The van der Waals surface area contributed by atoms with Gasteiger partial charge in [-0.1, -0.05) is 0 Å². The van der Waals surface area contributed by atoms with Gasteiger partial charge >= 0.3 is 17.8 Å². The van der Waals surface area contributed by atoms with Gasteiger partial charge in [0, 0.05) is 12.1 Å². The molecule has 1 aliphatic carbocycles. The number of imide groups is 2. The van der Waals surface area contributed by atoms with E-state index in [2.05, 4.69) is 0 Å². The minimum atomic E-state index is -0.821. The molecule has 16 heavy (non-hydrogen) atoms. The molecule has 0 unspecified atom stereocenters. The molecule has 1 N–H and O–H groups in total. The van der Waals surface area contributed by atoms with E-state index in [1.165, 1.54) is 0 Å². The van der Waals surface area contributed by atoms with Crippen molar-refractivity contribution in [3.63, 3.8) is 0 Å². The lowest BCUT2D eigenvalue weighted by atomic mass is 9.75. The van der Waals surface area contributed by atoms with Crippen LogP contribution in [-0.2, 0) is 9.59 Å². The second kappa shape index (κ2) is 3.55. The molecule has 1 saturated carbocycles. The molecule has 88 valence electrons. The van der Waals surface area contributed by atoms with Crippen molar-refractivity contribution in [2.45, 2.75) is 24.8 Å². The summed E-state index contributed by atoms with van der Waals surface area (Å²) in [4.78, 5) is 36.9. The number of carbonyl (C=O) groups excluding carboxylic acids is 3. The second-order valence-corrected chi connectivity index (χ2v) is 4.62. The van der Waals surface area contributed by atoms with Crippen molar-refractivity contribution in [2.24, 2.45) is 0 Å². The van der Waals surface area contributed by atoms with E-state index in [1.54, 1.807) is 0 Å². The maximum absolute atomic E-state index is 11.4. The number of likely N-dealkylation sites (N-methyl/N-ethyl adjacent to an activating group) is 1. The summed E-state index contributed by atoms with van der Waals surface area (Å²) in [6.07, 6.45) is 2.99. The van der Waals surface area contributed by atoms with Gasteiger partial charge in [-0.15, -0.1) is 0 Å². The lowest BCUT2D eigenvalue weighted by molar-refractivity contribution is -0.141. The maximum atomic E-state index is 11.4. The summed E-state index contributed by atoms with van der Waals surface area (Å²) in [6, 6.07) is -0.594. The van der Waals surface area contributed by atoms with Crippen LogP contribution < -0.4 is 5.32 Å². The molecule has 1 heterocycles. The van der Waals surface area contributed by atoms with Gasteiger partial charge in [0.25, 0.3) is 0 Å². The van der Waals surface area contributed by atoms with E-state index in [4.69, 9.17) is 0 Å². The topological polar surface area (TPSA) is 69.7 Å². The largest absolute Gasteiger partial charge is 0.331 e. The smallest absolute Gasteiger partial charge is 0.302 e. The molecule has 0 bridgehead atoms. The zero-order chi connectivity index (χ0) is 11.9. The summed E-state index contributed by atoms with van der Waals surface area (Å²) in [6.45, 7) is 0.302. The highest BCUT2D eigenvalue weighted by Gasteiger charge is 2.46. The third-order valence-corrected chi connectivity index (χ3v) is 3.59. The summed E-state index contributed by atoms with van der Waals surface area (Å²) in [5, 5.41) is 2.01. The summed E-state index contributed by atoms with van der Waals surface area (Å²) < 4.78 is 0. The fraction of sp³-hybridized carbons (Fsp3) is 0.700. The van der Waals surface area contributed by atoms with Gasteiger partial charge in [-0.05, 0) is 33.4 Å². The average molecular weight is 225 g/mol. The Labute approximate surface area is 93.6 Å². The highest BCUT2D eigenvalue weighted by atomic mass is 16.2. The lowest BCUT2D eigenvalue weighted by Crippen LogP contribution is -2.58. The zero-order valence-corrected chi connectivity index (χ0v) is 9.45. The molecule has 1 aliphatic heterocycles. The Morgan fingerprint density at radius 1 is 1.31 bits per heavy atom. The monoisotopic (exact) mass is 225 g/mol. The Bertz CT molecular complexity index is 360. The van der Waals surface area contributed by atoms with Gasteiger partial charge in [0.1, 0.15) is 0 Å². The molecule has 0 atom stereocenters. The Morgan fingerprint density at radius 3 is 2.25 bits per heavy atom. The number of hydrogen-bond acceptors (Lipinski definition) is 4. The van der Waals surface area contributed by atoms with Gasteiger partial charge in [-0.2, -0.15) is 0 Å². The fourth-order valence-corrected chi connectivity index (χ4v) is 2.20. The first kappa shape index (κ1) is 11.1. The third kappa shape index (κ3) is 1.49. The molecule has 0 aromatic carbocycles. The molecular formula is C10H15N3O3. The van der Waals surface area contributed by atoms with E-state index in [0.29, 0.717) is 6.54 Å². The number of hydrogen-bond donors (Lipinski definition) is 1. The van der Waals surface area contributed by atoms with Crippen LogP contribution in [0.4, 0.5) is 4.79 Å². The third-order valence-electron chi connectivity index (χ3n) is 3.59. The molecule has 2 fully saturated rings. The minimum Gasteiger partial charge on any atom is -0.302 e. The van der Waals surface area contributed by atoms with E-state index < -0.39 is 17.8 Å². The van der Waals surface area contributed by atoms with Crippen LogP contribution in [0.25, 0.3) is 0 Å². The molecule has 6 heteroatoms. The second-order valence-electron chi connectivity index (χ2n) is 4.62. The molecule has 0 spiro atoms. The number of nitrogens with one attached hydrogen (secondary N) is 1. The number of amides is 4. The van der Waals surface area contributed by atoms with E-state index >= 15 is 0 Å². The molecule has 0 aromatic rings. The first-order valence-electron chi connectivity index (χ1n) is 5.30. The Morgan fingerprint density at radius 2 is 1.94 bits per heavy atom. The molecular weight excluding hydrogens is 210 g/mol. The van der Waals surface area contributed by atoms with Crippen molar-refractivity contribution < 1.29 is 14.4 Å². The summed E-state index contributed by atoms with van der Waals surface area (Å²) in [5.74, 6) is -1.56. The zero-order valence-electron chi connectivity index (χ0n) is 9.45. The van der Waals surface area contributed by atoms with Gasteiger partial charge in [0.15, 0.2) is 0 Å². The quantitative estimate of drug-likeness (QED) is 0.521. The normalized spacial score (nSPS) is 23.7. The summed E-state index contributed by atoms with van der Waals surface area (Å²) in [7, 11) is 3.86. The maximum Gasteiger partial charge on any atom is 0.331 e. The first-order valence-corrected chi connectivity index (χ1v) is 5.30. The van der Waals surface area contributed by atoms with Gasteiger partial charge < -0.3 is 4.90 Å². The Balaban J connectivity index is 2.12. The predicted molar refractivity (Wildman–Crippen MR) is 55.5 cm³/mol.